The van der Waals surface area contributed by atoms with Crippen molar-refractivity contribution < 1.29 is 0 Å². The molecule has 2 heterocycles. The van der Waals surface area contributed by atoms with Gasteiger partial charge < -0.3 is 4.98 Å². The molecule has 0 aliphatic rings. The van der Waals surface area contributed by atoms with Crippen LogP contribution in [-0.2, 0) is 0 Å². The summed E-state index contributed by atoms with van der Waals surface area (Å²) in [5.74, 6) is 0.686. The molecule has 0 atom stereocenters. The van der Waals surface area contributed by atoms with Crippen LogP contribution in [0, 0.1) is 0 Å². The predicted octanol–water partition coefficient (Wildman–Crippen LogP) is 4.72. The van der Waals surface area contributed by atoms with Gasteiger partial charge in [0.2, 0.25) is 5.95 Å². The number of nitrogens with one attached hydrogen (secondary N) is 1. The molecular formula is C16H10Cl2N4. The number of aromatic amines is 1. The second kappa shape index (κ2) is 5.16. The molecule has 0 saturated carbocycles. The van der Waals surface area contributed by atoms with Gasteiger partial charge in [-0.2, -0.15) is 5.10 Å². The first-order chi connectivity index (χ1) is 10.7. The Bertz CT molecular complexity index is 958. The van der Waals surface area contributed by atoms with E-state index in [1.165, 1.54) is 0 Å². The summed E-state index contributed by atoms with van der Waals surface area (Å²) in [6.45, 7) is 0. The topological polar surface area (TPSA) is 46.5 Å². The molecule has 2 aromatic heterocycles. The zero-order chi connectivity index (χ0) is 15.1. The highest BCUT2D eigenvalue weighted by Gasteiger charge is 2.07. The minimum absolute atomic E-state index is 0.543. The molecule has 0 bridgehead atoms. The molecule has 6 heteroatoms. The molecule has 4 aromatic rings. The summed E-state index contributed by atoms with van der Waals surface area (Å²) in [6.07, 6.45) is 3.56. The minimum Gasteiger partial charge on any atom is -0.322 e. The summed E-state index contributed by atoms with van der Waals surface area (Å²) in [5, 5.41) is 5.27. The highest BCUT2D eigenvalue weighted by atomic mass is 35.5. The highest BCUT2D eigenvalue weighted by Crippen LogP contribution is 2.30. The molecule has 0 fully saturated rings. The van der Waals surface area contributed by atoms with Crippen molar-refractivity contribution >= 4 is 34.2 Å². The minimum atomic E-state index is 0.543. The van der Waals surface area contributed by atoms with E-state index < -0.39 is 0 Å². The lowest BCUT2D eigenvalue weighted by Gasteiger charge is -2.03. The van der Waals surface area contributed by atoms with Gasteiger partial charge in [0.15, 0.2) is 0 Å². The Hall–Kier alpha value is -2.30. The normalized spacial score (nSPS) is 11.2. The Labute approximate surface area is 136 Å². The molecule has 1 N–H and O–H groups in total. The number of benzene rings is 2. The van der Waals surface area contributed by atoms with Gasteiger partial charge in [-0.05, 0) is 41.5 Å². The molecule has 4 rings (SSSR count). The van der Waals surface area contributed by atoms with Crippen LogP contribution < -0.4 is 0 Å². The zero-order valence-corrected chi connectivity index (χ0v) is 12.8. The van der Waals surface area contributed by atoms with E-state index in [1.54, 1.807) is 16.9 Å². The standard InChI is InChI=1S/C16H10Cl2N4/c17-12-4-2-10(8-13(12)18)11-3-5-14-15(9-11)21-16(20-14)22-7-1-6-19-22/h1-9H,(H,20,21). The van der Waals surface area contributed by atoms with Gasteiger partial charge in [0, 0.05) is 12.4 Å². The molecule has 0 aliphatic heterocycles. The van der Waals surface area contributed by atoms with Crippen LogP contribution in [0.3, 0.4) is 0 Å². The van der Waals surface area contributed by atoms with Gasteiger partial charge >= 0.3 is 0 Å². The Balaban J connectivity index is 1.81. The predicted molar refractivity (Wildman–Crippen MR) is 88.7 cm³/mol. The average Bonchev–Trinajstić information content (AvgIpc) is 3.17. The smallest absolute Gasteiger partial charge is 0.229 e. The second-order valence-electron chi connectivity index (χ2n) is 4.87. The van der Waals surface area contributed by atoms with Gasteiger partial charge in [0.1, 0.15) is 0 Å². The van der Waals surface area contributed by atoms with E-state index in [2.05, 4.69) is 15.1 Å². The van der Waals surface area contributed by atoms with Crippen molar-refractivity contribution in [1.29, 1.82) is 0 Å². The van der Waals surface area contributed by atoms with E-state index >= 15 is 0 Å². The molecule has 22 heavy (non-hydrogen) atoms. The number of halogens is 2. The summed E-state index contributed by atoms with van der Waals surface area (Å²) in [7, 11) is 0. The molecule has 108 valence electrons. The molecule has 2 aromatic carbocycles. The number of aromatic nitrogens is 4. The second-order valence-corrected chi connectivity index (χ2v) is 5.69. The first kappa shape index (κ1) is 13.4. The third kappa shape index (κ3) is 2.26. The first-order valence-electron chi connectivity index (χ1n) is 6.66. The van der Waals surface area contributed by atoms with Crippen LogP contribution in [0.1, 0.15) is 0 Å². The largest absolute Gasteiger partial charge is 0.322 e. The van der Waals surface area contributed by atoms with Crippen molar-refractivity contribution in [3.8, 4) is 17.1 Å². The lowest BCUT2D eigenvalue weighted by molar-refractivity contribution is 0.829. The average molecular weight is 329 g/mol. The Morgan fingerprint density at radius 2 is 1.77 bits per heavy atom. The van der Waals surface area contributed by atoms with Crippen molar-refractivity contribution in [3.05, 3.63) is 64.9 Å². The highest BCUT2D eigenvalue weighted by molar-refractivity contribution is 6.42. The summed E-state index contributed by atoms with van der Waals surface area (Å²) in [4.78, 5) is 7.78. The fourth-order valence-electron chi connectivity index (χ4n) is 2.35. The van der Waals surface area contributed by atoms with Crippen LogP contribution in [-0.4, -0.2) is 19.7 Å². The molecule has 0 amide bonds. The van der Waals surface area contributed by atoms with Gasteiger partial charge in [-0.3, -0.25) is 0 Å². The van der Waals surface area contributed by atoms with Crippen LogP contribution in [0.25, 0.3) is 28.1 Å². The Morgan fingerprint density at radius 1 is 0.955 bits per heavy atom. The third-order valence-electron chi connectivity index (χ3n) is 3.44. The van der Waals surface area contributed by atoms with E-state index in [9.17, 15) is 0 Å². The number of fused-ring (bicyclic) bond motifs is 1. The van der Waals surface area contributed by atoms with Crippen molar-refractivity contribution in [2.45, 2.75) is 0 Å². The molecule has 0 unspecified atom stereocenters. The van der Waals surface area contributed by atoms with E-state index in [4.69, 9.17) is 23.2 Å². The van der Waals surface area contributed by atoms with Crippen LogP contribution >= 0.6 is 23.2 Å². The van der Waals surface area contributed by atoms with Gasteiger partial charge in [-0.15, -0.1) is 0 Å². The van der Waals surface area contributed by atoms with Gasteiger partial charge in [0.25, 0.3) is 0 Å². The van der Waals surface area contributed by atoms with Crippen LogP contribution in [0.2, 0.25) is 10.0 Å². The maximum atomic E-state index is 6.09. The van der Waals surface area contributed by atoms with Gasteiger partial charge in [-0.1, -0.05) is 35.3 Å². The molecule has 0 radical (unpaired) electrons. The van der Waals surface area contributed by atoms with E-state index in [-0.39, 0.29) is 0 Å². The van der Waals surface area contributed by atoms with Crippen LogP contribution in [0.5, 0.6) is 0 Å². The first-order valence-corrected chi connectivity index (χ1v) is 7.41. The lowest BCUT2D eigenvalue weighted by Crippen LogP contribution is -1.95. The summed E-state index contributed by atoms with van der Waals surface area (Å²) < 4.78 is 1.69. The Kier molecular flexibility index (Phi) is 3.13. The summed E-state index contributed by atoms with van der Waals surface area (Å²) >= 11 is 12.1. The summed E-state index contributed by atoms with van der Waals surface area (Å²) in [6, 6.07) is 13.5. The third-order valence-corrected chi connectivity index (χ3v) is 4.18. The lowest BCUT2D eigenvalue weighted by atomic mass is 10.1. The van der Waals surface area contributed by atoms with E-state index in [0.29, 0.717) is 16.0 Å². The van der Waals surface area contributed by atoms with Crippen LogP contribution in [0.15, 0.2) is 54.9 Å². The number of hydrogen-bond acceptors (Lipinski definition) is 2. The zero-order valence-electron chi connectivity index (χ0n) is 11.3. The van der Waals surface area contributed by atoms with Crippen molar-refractivity contribution in [2.75, 3.05) is 0 Å². The number of H-pyrrole nitrogens is 1. The molecule has 0 saturated heterocycles. The van der Waals surface area contributed by atoms with Crippen molar-refractivity contribution in [1.82, 2.24) is 19.7 Å². The Morgan fingerprint density at radius 3 is 2.55 bits per heavy atom. The van der Waals surface area contributed by atoms with Gasteiger partial charge in [-0.25, -0.2) is 9.67 Å². The fraction of sp³-hybridized carbons (Fsp3) is 0. The number of imidazole rings is 1. The molecule has 0 aliphatic carbocycles. The maximum absolute atomic E-state index is 6.09. The monoisotopic (exact) mass is 328 g/mol. The van der Waals surface area contributed by atoms with Crippen molar-refractivity contribution in [2.24, 2.45) is 0 Å². The number of hydrogen-bond donors (Lipinski definition) is 1. The maximum Gasteiger partial charge on any atom is 0.229 e. The molecule has 0 spiro atoms. The SMILES string of the molecule is Clc1ccc(-c2ccc3nc(-n4cccn4)[nH]c3c2)cc1Cl. The fourth-order valence-corrected chi connectivity index (χ4v) is 2.65. The van der Waals surface area contributed by atoms with Gasteiger partial charge in [0.05, 0.1) is 21.1 Å². The number of nitrogens with zero attached hydrogens (tertiary/aromatic N) is 3. The van der Waals surface area contributed by atoms with Crippen LogP contribution in [0.4, 0.5) is 0 Å². The molecular weight excluding hydrogens is 319 g/mol. The van der Waals surface area contributed by atoms with E-state index in [1.807, 2.05) is 42.6 Å². The summed E-state index contributed by atoms with van der Waals surface area (Å²) in [5.41, 5.74) is 3.87. The number of rotatable bonds is 2. The van der Waals surface area contributed by atoms with Crippen molar-refractivity contribution in [3.63, 3.8) is 0 Å². The quantitative estimate of drug-likeness (QED) is 0.578. The van der Waals surface area contributed by atoms with E-state index in [0.717, 1.165) is 22.2 Å². The molecule has 4 nitrogen and oxygen atoms in total.